The molecule has 1 N–H and O–H groups in total. The van der Waals surface area contributed by atoms with Crippen molar-refractivity contribution in [3.05, 3.63) is 72.1 Å². The van der Waals surface area contributed by atoms with E-state index in [2.05, 4.69) is 10.1 Å². The molecule has 2 atom stereocenters. The second kappa shape index (κ2) is 7.09. The first kappa shape index (κ1) is 16.5. The predicted octanol–water partition coefficient (Wildman–Crippen LogP) is 2.58. The first-order valence-corrected chi connectivity index (χ1v) is 8.59. The van der Waals surface area contributed by atoms with Crippen molar-refractivity contribution in [3.8, 4) is 11.5 Å². The Morgan fingerprint density at radius 2 is 1.96 bits per heavy atom. The number of nitrogens with zero attached hydrogens (tertiary/aromatic N) is 3. The Labute approximate surface area is 151 Å². The van der Waals surface area contributed by atoms with E-state index in [1.54, 1.807) is 23.2 Å². The van der Waals surface area contributed by atoms with E-state index in [9.17, 15) is 9.90 Å². The summed E-state index contributed by atoms with van der Waals surface area (Å²) in [6, 6.07) is 15.4. The minimum atomic E-state index is -0.149. The zero-order valence-corrected chi connectivity index (χ0v) is 14.2. The summed E-state index contributed by atoms with van der Waals surface area (Å²) in [6.07, 6.45) is 3.09. The summed E-state index contributed by atoms with van der Waals surface area (Å²) in [5.41, 5.74) is 2.11. The highest BCUT2D eigenvalue weighted by Crippen LogP contribution is 2.34. The van der Waals surface area contributed by atoms with E-state index in [4.69, 9.17) is 4.52 Å². The lowest BCUT2D eigenvalue weighted by Crippen LogP contribution is -2.29. The number of likely N-dealkylation sites (tertiary alicyclic amines) is 1. The van der Waals surface area contributed by atoms with Gasteiger partial charge < -0.3 is 14.5 Å². The van der Waals surface area contributed by atoms with Gasteiger partial charge in [-0.3, -0.25) is 9.78 Å². The number of rotatable bonds is 4. The Morgan fingerprint density at radius 3 is 2.69 bits per heavy atom. The second-order valence-corrected chi connectivity index (χ2v) is 6.45. The molecule has 1 aliphatic heterocycles. The number of benzene rings is 1. The lowest BCUT2D eigenvalue weighted by atomic mass is 9.90. The topological polar surface area (TPSA) is 79.5 Å². The van der Waals surface area contributed by atoms with E-state index in [1.165, 1.54) is 6.20 Å². The van der Waals surface area contributed by atoms with E-state index < -0.39 is 0 Å². The summed E-state index contributed by atoms with van der Waals surface area (Å²) in [5, 5.41) is 13.6. The minimum Gasteiger partial charge on any atom is -0.396 e. The molecule has 0 aliphatic carbocycles. The molecule has 1 fully saturated rings. The lowest BCUT2D eigenvalue weighted by molar-refractivity contribution is 0.0781. The molecular formula is C20H19N3O3. The molecule has 0 bridgehead atoms. The molecule has 2 aromatic heterocycles. The van der Waals surface area contributed by atoms with Crippen molar-refractivity contribution >= 4 is 5.91 Å². The van der Waals surface area contributed by atoms with Crippen molar-refractivity contribution in [1.29, 1.82) is 0 Å². The second-order valence-electron chi connectivity index (χ2n) is 6.45. The molecule has 6 heteroatoms. The van der Waals surface area contributed by atoms with E-state index in [0.717, 1.165) is 5.56 Å². The first-order chi connectivity index (χ1) is 12.8. The van der Waals surface area contributed by atoms with Crippen LogP contribution in [0.5, 0.6) is 0 Å². The maximum Gasteiger partial charge on any atom is 0.259 e. The number of carbonyl (C=O) groups excluding carboxylic acids is 1. The molecule has 1 saturated heterocycles. The third-order valence-electron chi connectivity index (χ3n) is 4.89. The van der Waals surface area contributed by atoms with E-state index in [0.29, 0.717) is 30.1 Å². The molecule has 3 aromatic rings. The third kappa shape index (κ3) is 2.99. The number of pyridine rings is 1. The number of aromatic nitrogens is 2. The Bertz CT molecular complexity index is 880. The number of carbonyl (C=O) groups is 1. The Balaban J connectivity index is 1.59. The van der Waals surface area contributed by atoms with Gasteiger partial charge in [-0.1, -0.05) is 41.6 Å². The van der Waals surface area contributed by atoms with Crippen LogP contribution in [0.4, 0.5) is 0 Å². The van der Waals surface area contributed by atoms with Crippen LogP contribution >= 0.6 is 0 Å². The highest BCUT2D eigenvalue weighted by Gasteiger charge is 2.37. The summed E-state index contributed by atoms with van der Waals surface area (Å²) in [7, 11) is 0. The van der Waals surface area contributed by atoms with Crippen LogP contribution in [0, 0.1) is 5.92 Å². The van der Waals surface area contributed by atoms with Crippen LogP contribution in [-0.4, -0.2) is 45.8 Å². The average Bonchev–Trinajstić information content (AvgIpc) is 3.36. The summed E-state index contributed by atoms with van der Waals surface area (Å²) in [4.78, 5) is 19.1. The van der Waals surface area contributed by atoms with Crippen LogP contribution < -0.4 is 0 Å². The van der Waals surface area contributed by atoms with Crippen LogP contribution in [0.1, 0.15) is 21.8 Å². The average molecular weight is 349 g/mol. The fourth-order valence-corrected chi connectivity index (χ4v) is 3.54. The number of hydrogen-bond donors (Lipinski definition) is 1. The summed E-state index contributed by atoms with van der Waals surface area (Å²) in [5.74, 6) is 0.353. The predicted molar refractivity (Wildman–Crippen MR) is 95.4 cm³/mol. The van der Waals surface area contributed by atoms with Gasteiger partial charge in [0.05, 0.1) is 6.20 Å². The zero-order valence-electron chi connectivity index (χ0n) is 14.2. The molecule has 6 nitrogen and oxygen atoms in total. The fourth-order valence-electron chi connectivity index (χ4n) is 3.54. The first-order valence-electron chi connectivity index (χ1n) is 8.59. The van der Waals surface area contributed by atoms with Crippen LogP contribution in [0.15, 0.2) is 65.4 Å². The standard InChI is InChI=1S/C20H19N3O3/c24-13-15-11-23(12-17(15)14-6-2-1-3-7-14)20(25)16-10-22-26-19(16)18-8-4-5-9-21-18/h1-10,15,17,24H,11-13H2/t15?,17-/m0/s1. The van der Waals surface area contributed by atoms with Gasteiger partial charge in [0.1, 0.15) is 11.3 Å². The van der Waals surface area contributed by atoms with E-state index >= 15 is 0 Å². The van der Waals surface area contributed by atoms with Crippen LogP contribution in [0.25, 0.3) is 11.5 Å². The van der Waals surface area contributed by atoms with Gasteiger partial charge in [-0.25, -0.2) is 0 Å². The molecule has 132 valence electrons. The van der Waals surface area contributed by atoms with Crippen molar-refractivity contribution in [1.82, 2.24) is 15.0 Å². The van der Waals surface area contributed by atoms with Gasteiger partial charge in [-0.15, -0.1) is 0 Å². The monoisotopic (exact) mass is 349 g/mol. The van der Waals surface area contributed by atoms with Crippen molar-refractivity contribution in [2.24, 2.45) is 5.92 Å². The summed E-state index contributed by atoms with van der Waals surface area (Å²) >= 11 is 0. The third-order valence-corrected chi connectivity index (χ3v) is 4.89. The van der Waals surface area contributed by atoms with Crippen molar-refractivity contribution in [3.63, 3.8) is 0 Å². The van der Waals surface area contributed by atoms with E-state index in [1.807, 2.05) is 36.4 Å². The molecule has 0 spiro atoms. The molecule has 1 aromatic carbocycles. The molecule has 1 amide bonds. The number of amides is 1. The van der Waals surface area contributed by atoms with Gasteiger partial charge in [0.25, 0.3) is 5.91 Å². The molecule has 1 aliphatic rings. The summed E-state index contributed by atoms with van der Waals surface area (Å²) in [6.45, 7) is 1.10. The van der Waals surface area contributed by atoms with Crippen molar-refractivity contribution < 1.29 is 14.4 Å². The van der Waals surface area contributed by atoms with Gasteiger partial charge >= 0.3 is 0 Å². The quantitative estimate of drug-likeness (QED) is 0.783. The van der Waals surface area contributed by atoms with Crippen LogP contribution in [0.3, 0.4) is 0 Å². The molecule has 4 rings (SSSR count). The molecule has 0 saturated carbocycles. The fraction of sp³-hybridized carbons (Fsp3) is 0.250. The number of aliphatic hydroxyl groups is 1. The molecular weight excluding hydrogens is 330 g/mol. The van der Waals surface area contributed by atoms with Crippen molar-refractivity contribution in [2.75, 3.05) is 19.7 Å². The van der Waals surface area contributed by atoms with Gasteiger partial charge in [0.2, 0.25) is 0 Å². The van der Waals surface area contributed by atoms with E-state index in [-0.39, 0.29) is 24.3 Å². The normalized spacial score (nSPS) is 19.7. The minimum absolute atomic E-state index is 0.0134. The highest BCUT2D eigenvalue weighted by atomic mass is 16.5. The maximum atomic E-state index is 13.1. The Hall–Kier alpha value is -2.99. The maximum absolute atomic E-state index is 13.1. The SMILES string of the molecule is O=C(c1cnoc1-c1ccccn1)N1CC(CO)[C@H](c2ccccc2)C1. The van der Waals surface area contributed by atoms with Crippen LogP contribution in [-0.2, 0) is 0 Å². The van der Waals surface area contributed by atoms with Crippen molar-refractivity contribution in [2.45, 2.75) is 5.92 Å². The molecule has 1 unspecified atom stereocenters. The Morgan fingerprint density at radius 1 is 1.15 bits per heavy atom. The van der Waals surface area contributed by atoms with Gasteiger partial charge in [0.15, 0.2) is 5.76 Å². The largest absolute Gasteiger partial charge is 0.396 e. The number of aliphatic hydroxyl groups excluding tert-OH is 1. The smallest absolute Gasteiger partial charge is 0.259 e. The van der Waals surface area contributed by atoms with Gasteiger partial charge in [0, 0.05) is 37.7 Å². The Kier molecular flexibility index (Phi) is 4.50. The van der Waals surface area contributed by atoms with Gasteiger partial charge in [-0.2, -0.15) is 0 Å². The highest BCUT2D eigenvalue weighted by molar-refractivity contribution is 5.99. The molecule has 0 radical (unpaired) electrons. The lowest BCUT2D eigenvalue weighted by Gasteiger charge is -2.16. The van der Waals surface area contributed by atoms with Crippen LogP contribution in [0.2, 0.25) is 0 Å². The zero-order chi connectivity index (χ0) is 17.9. The molecule has 26 heavy (non-hydrogen) atoms. The summed E-state index contributed by atoms with van der Waals surface area (Å²) < 4.78 is 5.29. The number of hydrogen-bond acceptors (Lipinski definition) is 5. The van der Waals surface area contributed by atoms with Gasteiger partial charge in [-0.05, 0) is 17.7 Å². The molecule has 3 heterocycles.